The molecule has 0 saturated carbocycles. The van der Waals surface area contributed by atoms with Gasteiger partial charge in [0.05, 0.1) is 49.8 Å². The molecular weight excluding hydrogens is 843 g/mol. The summed E-state index contributed by atoms with van der Waals surface area (Å²) in [5, 5.41) is 8.78. The molecule has 1 saturated heterocycles. The Bertz CT molecular complexity index is 1870. The Hall–Kier alpha value is -5.06. The quantitative estimate of drug-likeness (QED) is 0.0833. The van der Waals surface area contributed by atoms with Crippen molar-refractivity contribution in [3.8, 4) is 0 Å². The Morgan fingerprint density at radius 1 is 0.758 bits per heavy atom. The largest absolute Gasteiger partial charge is 0.467 e. The number of hydrogen-bond donors (Lipinski definition) is 4. The molecule has 16 nitrogen and oxygen atoms in total. The summed E-state index contributed by atoms with van der Waals surface area (Å²) in [6.07, 6.45) is 0.757. The Kier molecular flexibility index (Phi) is 22.0. The van der Waals surface area contributed by atoms with E-state index in [2.05, 4.69) is 16.0 Å². The van der Waals surface area contributed by atoms with E-state index in [9.17, 15) is 28.8 Å². The summed E-state index contributed by atoms with van der Waals surface area (Å²) in [7, 11) is 9.69. The van der Waals surface area contributed by atoms with Crippen molar-refractivity contribution >= 4 is 41.2 Å². The van der Waals surface area contributed by atoms with Crippen molar-refractivity contribution in [1.29, 1.82) is 0 Å². The summed E-state index contributed by atoms with van der Waals surface area (Å²) >= 11 is 0. The first-order chi connectivity index (χ1) is 31.2. The highest BCUT2D eigenvalue weighted by molar-refractivity contribution is 5.92. The van der Waals surface area contributed by atoms with E-state index in [1.165, 1.54) is 21.3 Å². The standard InChI is InChI=1S/C50H79N7O9/c1-14-32(6)44(56(10)49(62)42(30(2)3)54-48(61)43(31(4)5)55(8)9)40(64-11)29-41(58)57-26-18-21-39(57)45(65-12)33(7)46(59)52-37(27-34-19-16-15-17-20-34)47(60)53-38(50(63)66-13)28-35-22-24-36(51)25-23-35/h15-17,19-20,22-25,30-33,37-40,42-45H,14,18,21,26-29,51H2,1-13H3,(H,52,59)(H,53,60)(H,54,61)/t32-,33+,37-,38?,39-,40+,42?,43-,44-,45+/m0/s1. The zero-order valence-corrected chi connectivity index (χ0v) is 41.7. The van der Waals surface area contributed by atoms with Crippen molar-refractivity contribution < 1.29 is 43.0 Å². The van der Waals surface area contributed by atoms with Crippen LogP contribution in [0.3, 0.4) is 0 Å². The molecule has 10 atom stereocenters. The number of amides is 5. The number of carbonyl (C=O) groups is 6. The Morgan fingerprint density at radius 3 is 1.88 bits per heavy atom. The summed E-state index contributed by atoms with van der Waals surface area (Å²) in [5.74, 6) is -3.45. The van der Waals surface area contributed by atoms with Gasteiger partial charge in [-0.2, -0.15) is 0 Å². The highest BCUT2D eigenvalue weighted by atomic mass is 16.5. The number of nitrogen functional groups attached to an aromatic ring is 1. The van der Waals surface area contributed by atoms with Gasteiger partial charge >= 0.3 is 5.97 Å². The van der Waals surface area contributed by atoms with Crippen LogP contribution in [0.1, 0.15) is 85.3 Å². The van der Waals surface area contributed by atoms with E-state index in [4.69, 9.17) is 19.9 Å². The third-order valence-corrected chi connectivity index (χ3v) is 13.1. The van der Waals surface area contributed by atoms with Gasteiger partial charge in [0.1, 0.15) is 18.1 Å². The van der Waals surface area contributed by atoms with Gasteiger partial charge < -0.3 is 45.7 Å². The number of esters is 1. The maximum Gasteiger partial charge on any atom is 0.328 e. The van der Waals surface area contributed by atoms with Crippen LogP contribution in [0.4, 0.5) is 5.69 Å². The molecule has 368 valence electrons. The van der Waals surface area contributed by atoms with Gasteiger partial charge in [0, 0.05) is 46.3 Å². The smallest absolute Gasteiger partial charge is 0.328 e. The summed E-state index contributed by atoms with van der Waals surface area (Å²) in [6, 6.07) is 11.9. The summed E-state index contributed by atoms with van der Waals surface area (Å²) in [6.45, 7) is 13.9. The minimum Gasteiger partial charge on any atom is -0.467 e. The topological polar surface area (TPSA) is 202 Å². The van der Waals surface area contributed by atoms with Crippen LogP contribution in [0, 0.1) is 23.7 Å². The molecule has 0 aromatic heterocycles. The average Bonchev–Trinajstić information content (AvgIpc) is 3.77. The van der Waals surface area contributed by atoms with Crippen LogP contribution in [0.5, 0.6) is 0 Å². The maximum absolute atomic E-state index is 14.5. The van der Waals surface area contributed by atoms with Crippen molar-refractivity contribution in [2.75, 3.05) is 54.8 Å². The number of anilines is 1. The molecule has 3 rings (SSSR count). The third kappa shape index (κ3) is 15.0. The second-order valence-corrected chi connectivity index (χ2v) is 18.8. The van der Waals surface area contributed by atoms with E-state index >= 15 is 0 Å². The molecule has 66 heavy (non-hydrogen) atoms. The lowest BCUT2D eigenvalue weighted by Gasteiger charge is -2.41. The van der Waals surface area contributed by atoms with E-state index in [0.717, 1.165) is 11.1 Å². The molecule has 0 spiro atoms. The SMILES string of the molecule is CC[C@H](C)[C@@H]([C@@H](CC(=O)N1CCC[C@H]1[C@H](OC)[C@@H](C)C(=O)N[C@@H](Cc1ccccc1)C(=O)NC(Cc1ccc(N)cc1)C(=O)OC)OC)N(C)C(=O)C(NC(=O)[C@H](C(C)C)N(C)C)C(C)C. The number of nitrogens with two attached hydrogens (primary N) is 1. The van der Waals surface area contributed by atoms with E-state index in [1.54, 1.807) is 48.0 Å². The first-order valence-corrected chi connectivity index (χ1v) is 23.4. The van der Waals surface area contributed by atoms with Crippen molar-refractivity contribution in [1.82, 2.24) is 30.7 Å². The lowest BCUT2D eigenvalue weighted by atomic mass is 9.89. The number of rotatable bonds is 25. The number of ether oxygens (including phenoxy) is 3. The summed E-state index contributed by atoms with van der Waals surface area (Å²) in [5.41, 5.74) is 7.96. The second-order valence-electron chi connectivity index (χ2n) is 18.8. The molecule has 1 aliphatic rings. The highest BCUT2D eigenvalue weighted by Crippen LogP contribution is 2.30. The predicted octanol–water partition coefficient (Wildman–Crippen LogP) is 3.84. The van der Waals surface area contributed by atoms with Gasteiger partial charge in [0.25, 0.3) is 0 Å². The molecule has 2 aromatic carbocycles. The van der Waals surface area contributed by atoms with Crippen molar-refractivity contribution in [2.45, 2.75) is 135 Å². The average molecular weight is 922 g/mol. The van der Waals surface area contributed by atoms with Crippen LogP contribution in [-0.2, 0) is 55.8 Å². The highest BCUT2D eigenvalue weighted by Gasteiger charge is 2.44. The van der Waals surface area contributed by atoms with E-state index in [0.29, 0.717) is 31.5 Å². The number of benzene rings is 2. The monoisotopic (exact) mass is 922 g/mol. The molecular formula is C50H79N7O9. The van der Waals surface area contributed by atoms with Crippen LogP contribution in [0.15, 0.2) is 54.6 Å². The van der Waals surface area contributed by atoms with Crippen molar-refractivity contribution in [3.05, 3.63) is 65.7 Å². The minimum atomic E-state index is -1.08. The number of likely N-dealkylation sites (N-methyl/N-ethyl adjacent to an activating group) is 2. The molecule has 1 heterocycles. The van der Waals surface area contributed by atoms with Gasteiger partial charge in [-0.3, -0.25) is 28.9 Å². The fourth-order valence-electron chi connectivity index (χ4n) is 9.27. The lowest BCUT2D eigenvalue weighted by molar-refractivity contribution is -0.148. The van der Waals surface area contributed by atoms with Crippen LogP contribution in [-0.4, -0.2) is 148 Å². The van der Waals surface area contributed by atoms with Gasteiger partial charge in [-0.1, -0.05) is 97.4 Å². The van der Waals surface area contributed by atoms with Gasteiger partial charge in [0.2, 0.25) is 29.5 Å². The Labute approximate surface area is 393 Å². The Balaban J connectivity index is 1.84. The molecule has 1 aliphatic heterocycles. The summed E-state index contributed by atoms with van der Waals surface area (Å²) in [4.78, 5) is 88.8. The van der Waals surface area contributed by atoms with Gasteiger partial charge in [-0.05, 0) is 68.0 Å². The number of nitrogens with zero attached hydrogens (tertiary/aromatic N) is 3. The molecule has 5 amide bonds. The molecule has 0 radical (unpaired) electrons. The maximum atomic E-state index is 14.5. The predicted molar refractivity (Wildman–Crippen MR) is 256 cm³/mol. The lowest BCUT2D eigenvalue weighted by Crippen LogP contribution is -2.59. The van der Waals surface area contributed by atoms with E-state index in [1.807, 2.05) is 90.9 Å². The van der Waals surface area contributed by atoms with Gasteiger partial charge in [0.15, 0.2) is 0 Å². The molecule has 1 fully saturated rings. The normalized spacial score (nSPS) is 18.1. The fourth-order valence-corrected chi connectivity index (χ4v) is 9.27. The minimum absolute atomic E-state index is 0.0179. The number of hydrogen-bond acceptors (Lipinski definition) is 11. The molecule has 16 heteroatoms. The number of nitrogens with one attached hydrogen (secondary N) is 3. The zero-order chi connectivity index (χ0) is 49.4. The fraction of sp³-hybridized carbons (Fsp3) is 0.640. The summed E-state index contributed by atoms with van der Waals surface area (Å²) < 4.78 is 17.1. The first kappa shape index (κ1) is 55.3. The molecule has 2 unspecified atom stereocenters. The van der Waals surface area contributed by atoms with Crippen LogP contribution >= 0.6 is 0 Å². The van der Waals surface area contributed by atoms with Crippen molar-refractivity contribution in [2.24, 2.45) is 23.7 Å². The molecule has 0 aliphatic carbocycles. The number of carbonyl (C=O) groups excluding carboxylic acids is 6. The van der Waals surface area contributed by atoms with Crippen LogP contribution in [0.25, 0.3) is 0 Å². The van der Waals surface area contributed by atoms with Crippen molar-refractivity contribution in [3.63, 3.8) is 0 Å². The molecule has 5 N–H and O–H groups in total. The number of methoxy groups -OCH3 is 3. The molecule has 0 bridgehead atoms. The van der Waals surface area contributed by atoms with Gasteiger partial charge in [-0.25, -0.2) is 4.79 Å². The number of likely N-dealkylation sites (tertiary alicyclic amines) is 1. The molecule has 2 aromatic rings. The third-order valence-electron chi connectivity index (χ3n) is 13.1. The van der Waals surface area contributed by atoms with Gasteiger partial charge in [-0.15, -0.1) is 0 Å². The van der Waals surface area contributed by atoms with E-state index < -0.39 is 72.2 Å². The van der Waals surface area contributed by atoms with Crippen LogP contribution in [0.2, 0.25) is 0 Å². The Morgan fingerprint density at radius 2 is 1.35 bits per heavy atom. The van der Waals surface area contributed by atoms with Crippen LogP contribution < -0.4 is 21.7 Å². The second kappa shape index (κ2) is 26.3. The zero-order valence-electron chi connectivity index (χ0n) is 41.7. The van der Waals surface area contributed by atoms with E-state index in [-0.39, 0.29) is 54.7 Å². The first-order valence-electron chi connectivity index (χ1n) is 23.4.